The molecule has 25 heavy (non-hydrogen) atoms. The number of hydrogen-bond donors (Lipinski definition) is 2. The third-order valence-electron chi connectivity index (χ3n) is 6.68. The molecule has 6 rings (SSSR count). The Hall–Kier alpha value is -2.10. The van der Waals surface area contributed by atoms with Gasteiger partial charge in [-0.2, -0.15) is 5.10 Å². The maximum absolute atomic E-state index is 13.1. The van der Waals surface area contributed by atoms with Gasteiger partial charge in [0, 0.05) is 11.1 Å². The van der Waals surface area contributed by atoms with Gasteiger partial charge in [0.05, 0.1) is 17.5 Å². The Balaban J connectivity index is 1.43. The molecule has 2 unspecified atom stereocenters. The Morgan fingerprint density at radius 1 is 1.16 bits per heavy atom. The van der Waals surface area contributed by atoms with Gasteiger partial charge in [-0.3, -0.25) is 9.89 Å². The number of amides is 1. The summed E-state index contributed by atoms with van der Waals surface area (Å²) in [6.45, 7) is 2.43. The van der Waals surface area contributed by atoms with Crippen LogP contribution in [0.1, 0.15) is 55.8 Å². The van der Waals surface area contributed by atoms with Crippen LogP contribution < -0.4 is 5.32 Å². The number of H-pyrrole nitrogens is 1. The third-order valence-corrected chi connectivity index (χ3v) is 6.68. The van der Waals surface area contributed by atoms with Crippen molar-refractivity contribution >= 4 is 5.91 Å². The van der Waals surface area contributed by atoms with Gasteiger partial charge in [0.2, 0.25) is 0 Å². The van der Waals surface area contributed by atoms with Crippen LogP contribution in [-0.4, -0.2) is 21.6 Å². The van der Waals surface area contributed by atoms with Crippen molar-refractivity contribution in [3.05, 3.63) is 42.1 Å². The van der Waals surface area contributed by atoms with Crippen LogP contribution in [-0.2, 0) is 0 Å². The molecule has 4 fully saturated rings. The number of benzene rings is 1. The molecule has 4 saturated carbocycles. The molecule has 4 nitrogen and oxygen atoms in total. The van der Waals surface area contributed by atoms with E-state index in [0.29, 0.717) is 11.0 Å². The second-order valence-electron chi connectivity index (χ2n) is 9.03. The zero-order valence-electron chi connectivity index (χ0n) is 14.7. The average molecular weight is 335 g/mol. The van der Waals surface area contributed by atoms with Gasteiger partial charge in [-0.05, 0) is 55.8 Å². The van der Waals surface area contributed by atoms with E-state index in [9.17, 15) is 4.79 Å². The van der Waals surface area contributed by atoms with Crippen LogP contribution in [0.5, 0.6) is 0 Å². The fourth-order valence-electron chi connectivity index (χ4n) is 6.46. The predicted molar refractivity (Wildman–Crippen MR) is 97.0 cm³/mol. The second kappa shape index (κ2) is 5.20. The van der Waals surface area contributed by atoms with E-state index in [4.69, 9.17) is 0 Å². The Labute approximate surface area is 148 Å². The molecule has 0 saturated heterocycles. The van der Waals surface area contributed by atoms with Crippen molar-refractivity contribution in [1.82, 2.24) is 15.5 Å². The molecule has 0 spiro atoms. The lowest BCUT2D eigenvalue weighted by Gasteiger charge is -2.61. The fourth-order valence-corrected chi connectivity index (χ4v) is 6.46. The van der Waals surface area contributed by atoms with Crippen molar-refractivity contribution in [2.75, 3.05) is 0 Å². The summed E-state index contributed by atoms with van der Waals surface area (Å²) in [4.78, 5) is 13.1. The summed E-state index contributed by atoms with van der Waals surface area (Å²) < 4.78 is 0. The van der Waals surface area contributed by atoms with E-state index in [0.717, 1.165) is 42.4 Å². The van der Waals surface area contributed by atoms with Gasteiger partial charge >= 0.3 is 0 Å². The molecule has 4 aliphatic rings. The Bertz CT molecular complexity index is 796. The van der Waals surface area contributed by atoms with Crippen molar-refractivity contribution < 1.29 is 4.79 Å². The van der Waals surface area contributed by atoms with Crippen LogP contribution in [0, 0.1) is 17.3 Å². The van der Waals surface area contributed by atoms with Crippen molar-refractivity contribution in [2.24, 2.45) is 17.3 Å². The minimum atomic E-state index is 0.00114. The molecule has 2 atom stereocenters. The normalized spacial score (nSPS) is 35.7. The molecule has 2 aromatic rings. The third kappa shape index (κ3) is 2.50. The van der Waals surface area contributed by atoms with E-state index in [1.165, 1.54) is 19.3 Å². The largest absolute Gasteiger partial charge is 0.346 e. The first-order valence-corrected chi connectivity index (χ1v) is 9.46. The topological polar surface area (TPSA) is 57.8 Å². The first kappa shape index (κ1) is 15.2. The highest BCUT2D eigenvalue weighted by Crippen LogP contribution is 2.61. The smallest absolute Gasteiger partial charge is 0.255 e. The molecule has 4 aliphatic carbocycles. The maximum atomic E-state index is 13.1. The summed E-state index contributed by atoms with van der Waals surface area (Å²) in [5.41, 5.74) is 2.90. The number of carbonyl (C=O) groups excluding carboxylic acids is 1. The number of aromatic nitrogens is 2. The molecule has 4 bridgehead atoms. The molecule has 130 valence electrons. The second-order valence-corrected chi connectivity index (χ2v) is 9.03. The standard InChI is InChI=1S/C21H25N3O/c1-20-8-14-7-15(9-20)11-21(10-14,13-20)23-19(25)17-12-22-24-18(17)16-5-3-2-4-6-16/h2-6,12,14-15H,7-11,13H2,1H3,(H,22,24)(H,23,25). The van der Waals surface area contributed by atoms with Gasteiger partial charge in [-0.25, -0.2) is 0 Å². The number of rotatable bonds is 3. The Kier molecular flexibility index (Phi) is 3.16. The molecular weight excluding hydrogens is 310 g/mol. The van der Waals surface area contributed by atoms with Crippen LogP contribution in [0.3, 0.4) is 0 Å². The van der Waals surface area contributed by atoms with E-state index in [1.54, 1.807) is 6.20 Å². The molecule has 1 amide bonds. The van der Waals surface area contributed by atoms with Crippen molar-refractivity contribution in [3.8, 4) is 11.3 Å². The quantitative estimate of drug-likeness (QED) is 0.884. The van der Waals surface area contributed by atoms with Crippen LogP contribution in [0.2, 0.25) is 0 Å². The van der Waals surface area contributed by atoms with Crippen LogP contribution in [0.15, 0.2) is 36.5 Å². The number of hydrogen-bond acceptors (Lipinski definition) is 2. The van der Waals surface area contributed by atoms with Gasteiger partial charge in [0.15, 0.2) is 0 Å². The van der Waals surface area contributed by atoms with Gasteiger partial charge in [0.1, 0.15) is 0 Å². The molecule has 0 aliphatic heterocycles. The summed E-state index contributed by atoms with van der Waals surface area (Å²) in [5.74, 6) is 1.62. The van der Waals surface area contributed by atoms with Crippen LogP contribution >= 0.6 is 0 Å². The van der Waals surface area contributed by atoms with Gasteiger partial charge < -0.3 is 5.32 Å². The lowest BCUT2D eigenvalue weighted by molar-refractivity contribution is -0.0680. The number of carbonyl (C=O) groups is 1. The summed E-state index contributed by atoms with van der Waals surface area (Å²) in [7, 11) is 0. The van der Waals surface area contributed by atoms with Crippen LogP contribution in [0.25, 0.3) is 11.3 Å². The molecular formula is C21H25N3O. The fraction of sp³-hybridized carbons (Fsp3) is 0.524. The zero-order chi connectivity index (χ0) is 17.1. The maximum Gasteiger partial charge on any atom is 0.255 e. The number of nitrogens with one attached hydrogen (secondary N) is 2. The minimum Gasteiger partial charge on any atom is -0.346 e. The van der Waals surface area contributed by atoms with Crippen molar-refractivity contribution in [2.45, 2.75) is 51.0 Å². The van der Waals surface area contributed by atoms with E-state index in [2.05, 4.69) is 22.4 Å². The summed E-state index contributed by atoms with van der Waals surface area (Å²) in [6.07, 6.45) is 9.18. The Morgan fingerprint density at radius 2 is 1.88 bits per heavy atom. The highest BCUT2D eigenvalue weighted by Gasteiger charge is 2.56. The van der Waals surface area contributed by atoms with Crippen LogP contribution in [0.4, 0.5) is 0 Å². The molecule has 1 aromatic carbocycles. The predicted octanol–water partition coefficient (Wildman–Crippen LogP) is 4.17. The van der Waals surface area contributed by atoms with Crippen molar-refractivity contribution in [1.29, 1.82) is 0 Å². The van der Waals surface area contributed by atoms with Gasteiger partial charge in [-0.15, -0.1) is 0 Å². The zero-order valence-corrected chi connectivity index (χ0v) is 14.7. The van der Waals surface area contributed by atoms with Gasteiger partial charge in [0.25, 0.3) is 5.91 Å². The molecule has 1 heterocycles. The first-order valence-electron chi connectivity index (χ1n) is 9.46. The molecule has 2 N–H and O–H groups in total. The highest BCUT2D eigenvalue weighted by atomic mass is 16.1. The highest BCUT2D eigenvalue weighted by molar-refractivity contribution is 6.00. The van der Waals surface area contributed by atoms with E-state index < -0.39 is 0 Å². The van der Waals surface area contributed by atoms with E-state index in [-0.39, 0.29) is 11.4 Å². The minimum absolute atomic E-state index is 0.00114. The summed E-state index contributed by atoms with van der Waals surface area (Å²) in [5, 5.41) is 10.6. The van der Waals surface area contributed by atoms with E-state index >= 15 is 0 Å². The summed E-state index contributed by atoms with van der Waals surface area (Å²) >= 11 is 0. The molecule has 1 aromatic heterocycles. The lowest BCUT2D eigenvalue weighted by atomic mass is 9.47. The summed E-state index contributed by atoms with van der Waals surface area (Å²) in [6, 6.07) is 9.97. The molecule has 4 heteroatoms. The van der Waals surface area contributed by atoms with Crippen molar-refractivity contribution in [3.63, 3.8) is 0 Å². The SMILES string of the molecule is CC12CC3CC(C1)CC(NC(=O)c1cn[nH]c1-c1ccccc1)(C3)C2. The number of aromatic amines is 1. The van der Waals surface area contributed by atoms with E-state index in [1.807, 2.05) is 30.3 Å². The lowest BCUT2D eigenvalue weighted by Crippen LogP contribution is -2.62. The Morgan fingerprint density at radius 3 is 2.56 bits per heavy atom. The average Bonchev–Trinajstić information content (AvgIpc) is 3.02. The molecule has 0 radical (unpaired) electrons. The van der Waals surface area contributed by atoms with Gasteiger partial charge in [-0.1, -0.05) is 37.3 Å². The first-order chi connectivity index (χ1) is 12.0. The monoisotopic (exact) mass is 335 g/mol. The number of nitrogens with zero attached hydrogens (tertiary/aromatic N) is 1.